The normalized spacial score (nSPS) is 11.8. The molecular formula is C36H42. The Morgan fingerprint density at radius 2 is 0.889 bits per heavy atom. The SMILES string of the molecule is CC(C)c1ccc(-c2cccc(-c3ccccc3)c2-c2ccc(C(C)C)cc2C(C)C)c(C(C)C)c1. The summed E-state index contributed by atoms with van der Waals surface area (Å²) in [5.41, 5.74) is 13.6. The number of hydrogen-bond donors (Lipinski definition) is 0. The quantitative estimate of drug-likeness (QED) is 0.250. The molecule has 0 aliphatic carbocycles. The average Bonchev–Trinajstić information content (AvgIpc) is 2.87. The molecule has 0 heteroatoms. The van der Waals surface area contributed by atoms with Gasteiger partial charge in [0.05, 0.1) is 0 Å². The fourth-order valence-corrected chi connectivity index (χ4v) is 5.23. The minimum atomic E-state index is 0.434. The molecule has 0 amide bonds. The molecule has 0 aliphatic rings. The van der Waals surface area contributed by atoms with Gasteiger partial charge in [-0.05, 0) is 79.3 Å². The molecule has 36 heavy (non-hydrogen) atoms. The lowest BCUT2D eigenvalue weighted by molar-refractivity contribution is 0.834. The molecule has 0 radical (unpaired) electrons. The van der Waals surface area contributed by atoms with Crippen molar-refractivity contribution >= 4 is 0 Å². The summed E-state index contributed by atoms with van der Waals surface area (Å²) in [7, 11) is 0. The maximum atomic E-state index is 2.45. The Hall–Kier alpha value is -3.12. The molecule has 186 valence electrons. The molecule has 0 spiro atoms. The minimum absolute atomic E-state index is 0.434. The Morgan fingerprint density at radius 3 is 1.42 bits per heavy atom. The number of hydrogen-bond acceptors (Lipinski definition) is 0. The first-order chi connectivity index (χ1) is 17.2. The second kappa shape index (κ2) is 10.9. The molecule has 4 aromatic carbocycles. The van der Waals surface area contributed by atoms with Crippen LogP contribution in [0, 0.1) is 0 Å². The van der Waals surface area contributed by atoms with Crippen molar-refractivity contribution in [3.8, 4) is 33.4 Å². The summed E-state index contributed by atoms with van der Waals surface area (Å²) < 4.78 is 0. The van der Waals surface area contributed by atoms with E-state index in [1.165, 1.54) is 55.6 Å². The fraction of sp³-hybridized carbons (Fsp3) is 0.333. The lowest BCUT2D eigenvalue weighted by Gasteiger charge is -2.24. The van der Waals surface area contributed by atoms with Crippen molar-refractivity contribution in [2.45, 2.75) is 79.1 Å². The molecule has 0 heterocycles. The fourth-order valence-electron chi connectivity index (χ4n) is 5.23. The molecule has 4 aromatic rings. The Kier molecular flexibility index (Phi) is 7.84. The van der Waals surface area contributed by atoms with Crippen molar-refractivity contribution in [2.24, 2.45) is 0 Å². The van der Waals surface area contributed by atoms with Crippen LogP contribution in [0.5, 0.6) is 0 Å². The van der Waals surface area contributed by atoms with Gasteiger partial charge in [-0.3, -0.25) is 0 Å². The topological polar surface area (TPSA) is 0 Å². The smallest absolute Gasteiger partial charge is 0.00238 e. The molecule has 0 N–H and O–H groups in total. The van der Waals surface area contributed by atoms with Gasteiger partial charge < -0.3 is 0 Å². The second-order valence-corrected chi connectivity index (χ2v) is 11.4. The van der Waals surface area contributed by atoms with Crippen LogP contribution in [0.25, 0.3) is 33.4 Å². The van der Waals surface area contributed by atoms with E-state index < -0.39 is 0 Å². The van der Waals surface area contributed by atoms with Crippen molar-refractivity contribution in [3.63, 3.8) is 0 Å². The summed E-state index contributed by atoms with van der Waals surface area (Å²) in [6, 6.07) is 32.0. The molecule has 0 fully saturated rings. The second-order valence-electron chi connectivity index (χ2n) is 11.4. The summed E-state index contributed by atoms with van der Waals surface area (Å²) in [6.45, 7) is 18.4. The third-order valence-electron chi connectivity index (χ3n) is 7.44. The van der Waals surface area contributed by atoms with Gasteiger partial charge in [0.15, 0.2) is 0 Å². The van der Waals surface area contributed by atoms with Gasteiger partial charge in [-0.15, -0.1) is 0 Å². The Morgan fingerprint density at radius 1 is 0.389 bits per heavy atom. The van der Waals surface area contributed by atoms with Crippen LogP contribution in [0.4, 0.5) is 0 Å². The molecular weight excluding hydrogens is 432 g/mol. The van der Waals surface area contributed by atoms with E-state index in [9.17, 15) is 0 Å². The summed E-state index contributed by atoms with van der Waals surface area (Å²) in [6.07, 6.45) is 0. The van der Waals surface area contributed by atoms with E-state index in [1.54, 1.807) is 0 Å². The first-order valence-corrected chi connectivity index (χ1v) is 13.7. The highest BCUT2D eigenvalue weighted by atomic mass is 14.2. The van der Waals surface area contributed by atoms with E-state index in [1.807, 2.05) is 0 Å². The molecule has 4 rings (SSSR count). The van der Waals surface area contributed by atoms with Gasteiger partial charge in [0.2, 0.25) is 0 Å². The standard InChI is InChI=1S/C36H42/c1-23(2)28-17-19-31(34(21-28)25(5)6)32-16-12-15-30(27-13-10-9-11-14-27)36(32)33-20-18-29(24(3)4)22-35(33)26(7)8/h9-26H,1-8H3. The summed E-state index contributed by atoms with van der Waals surface area (Å²) >= 11 is 0. The van der Waals surface area contributed by atoms with Crippen LogP contribution in [0.15, 0.2) is 84.9 Å². The van der Waals surface area contributed by atoms with Crippen LogP contribution in [0.1, 0.15) is 101 Å². The van der Waals surface area contributed by atoms with Crippen molar-refractivity contribution in [2.75, 3.05) is 0 Å². The van der Waals surface area contributed by atoms with Crippen molar-refractivity contribution in [1.29, 1.82) is 0 Å². The van der Waals surface area contributed by atoms with E-state index in [2.05, 4.69) is 140 Å². The van der Waals surface area contributed by atoms with Crippen molar-refractivity contribution in [3.05, 3.63) is 107 Å². The predicted octanol–water partition coefficient (Wildman–Crippen LogP) is 11.2. The van der Waals surface area contributed by atoms with Gasteiger partial charge >= 0.3 is 0 Å². The average molecular weight is 475 g/mol. The molecule has 0 unspecified atom stereocenters. The lowest BCUT2D eigenvalue weighted by Crippen LogP contribution is -2.01. The first kappa shape index (κ1) is 26.0. The van der Waals surface area contributed by atoms with Crippen molar-refractivity contribution < 1.29 is 0 Å². The monoisotopic (exact) mass is 474 g/mol. The van der Waals surface area contributed by atoms with E-state index in [0.717, 1.165) is 0 Å². The molecule has 0 aliphatic heterocycles. The van der Waals surface area contributed by atoms with Crippen LogP contribution in [0.3, 0.4) is 0 Å². The Bertz CT molecular complexity index is 1320. The van der Waals surface area contributed by atoms with E-state index >= 15 is 0 Å². The molecule has 0 bridgehead atoms. The Balaban J connectivity index is 2.10. The van der Waals surface area contributed by atoms with Gasteiger partial charge in [0.25, 0.3) is 0 Å². The molecule has 0 atom stereocenters. The zero-order valence-corrected chi connectivity index (χ0v) is 23.4. The zero-order chi connectivity index (χ0) is 26.0. The minimum Gasteiger partial charge on any atom is -0.0622 e. The maximum absolute atomic E-state index is 2.45. The van der Waals surface area contributed by atoms with E-state index in [-0.39, 0.29) is 0 Å². The summed E-state index contributed by atoms with van der Waals surface area (Å²) in [5.74, 6) is 1.90. The third-order valence-corrected chi connectivity index (χ3v) is 7.44. The first-order valence-electron chi connectivity index (χ1n) is 13.7. The third kappa shape index (κ3) is 5.19. The van der Waals surface area contributed by atoms with E-state index in [4.69, 9.17) is 0 Å². The van der Waals surface area contributed by atoms with Crippen LogP contribution in [-0.2, 0) is 0 Å². The highest BCUT2D eigenvalue weighted by Gasteiger charge is 2.21. The van der Waals surface area contributed by atoms with Gasteiger partial charge in [-0.1, -0.05) is 140 Å². The molecule has 0 saturated heterocycles. The highest BCUT2D eigenvalue weighted by molar-refractivity contribution is 5.96. The Labute approximate surface area is 219 Å². The van der Waals surface area contributed by atoms with Crippen LogP contribution >= 0.6 is 0 Å². The largest absolute Gasteiger partial charge is 0.0622 e. The van der Waals surface area contributed by atoms with Crippen LogP contribution in [0.2, 0.25) is 0 Å². The zero-order valence-electron chi connectivity index (χ0n) is 23.4. The van der Waals surface area contributed by atoms with Crippen LogP contribution in [-0.4, -0.2) is 0 Å². The van der Waals surface area contributed by atoms with E-state index in [0.29, 0.717) is 23.7 Å². The number of benzene rings is 4. The summed E-state index contributed by atoms with van der Waals surface area (Å²) in [5, 5.41) is 0. The van der Waals surface area contributed by atoms with Gasteiger partial charge in [-0.25, -0.2) is 0 Å². The maximum Gasteiger partial charge on any atom is -0.00238 e. The van der Waals surface area contributed by atoms with Crippen molar-refractivity contribution in [1.82, 2.24) is 0 Å². The molecule has 0 aromatic heterocycles. The predicted molar refractivity (Wildman–Crippen MR) is 159 cm³/mol. The molecule has 0 nitrogen and oxygen atoms in total. The summed E-state index contributed by atoms with van der Waals surface area (Å²) in [4.78, 5) is 0. The van der Waals surface area contributed by atoms with Crippen LogP contribution < -0.4 is 0 Å². The van der Waals surface area contributed by atoms with Gasteiger partial charge in [0, 0.05) is 0 Å². The van der Waals surface area contributed by atoms with Gasteiger partial charge in [0.1, 0.15) is 0 Å². The number of rotatable bonds is 7. The molecule has 0 saturated carbocycles. The lowest BCUT2D eigenvalue weighted by atomic mass is 9.80. The van der Waals surface area contributed by atoms with Gasteiger partial charge in [-0.2, -0.15) is 0 Å². The highest BCUT2D eigenvalue weighted by Crippen LogP contribution is 2.45.